The van der Waals surface area contributed by atoms with Crippen LogP contribution in [0.15, 0.2) is 12.4 Å². The number of nitrogens with one attached hydrogen (secondary N) is 3. The van der Waals surface area contributed by atoms with Gasteiger partial charge in [-0.25, -0.2) is 23.1 Å². The molecule has 0 radical (unpaired) electrons. The van der Waals surface area contributed by atoms with E-state index in [4.69, 9.17) is 0 Å². The predicted molar refractivity (Wildman–Crippen MR) is 72.1 cm³/mol. The van der Waals surface area contributed by atoms with Gasteiger partial charge in [-0.2, -0.15) is 0 Å². The third kappa shape index (κ3) is 5.28. The van der Waals surface area contributed by atoms with E-state index in [1.54, 1.807) is 13.0 Å². The predicted octanol–water partition coefficient (Wildman–Crippen LogP) is 0.260. The minimum absolute atomic E-state index is 0.0153. The first-order chi connectivity index (χ1) is 8.57. The molecular formula is C10H19N5O2S. The van der Waals surface area contributed by atoms with E-state index >= 15 is 0 Å². The van der Waals surface area contributed by atoms with E-state index in [0.717, 1.165) is 6.54 Å². The highest BCUT2D eigenvalue weighted by Crippen LogP contribution is 2.07. The second-order valence-corrected chi connectivity index (χ2v) is 5.49. The average Bonchev–Trinajstić information content (AvgIpc) is 2.29. The molecular weight excluding hydrogens is 254 g/mol. The maximum Gasteiger partial charge on any atom is 0.213 e. The molecule has 1 aromatic heterocycles. The number of hydrogen-bond acceptors (Lipinski definition) is 6. The second kappa shape index (κ2) is 7.12. The van der Waals surface area contributed by atoms with Crippen LogP contribution in [0.2, 0.25) is 0 Å². The summed E-state index contributed by atoms with van der Waals surface area (Å²) in [7, 11) is -3.19. The Labute approximate surface area is 107 Å². The summed E-state index contributed by atoms with van der Waals surface area (Å²) < 4.78 is 25.2. The summed E-state index contributed by atoms with van der Waals surface area (Å²) in [5, 5.41) is 6.00. The van der Waals surface area contributed by atoms with E-state index in [1.165, 1.54) is 6.33 Å². The van der Waals surface area contributed by atoms with Gasteiger partial charge in [0.05, 0.1) is 5.75 Å². The maximum atomic E-state index is 11.4. The van der Waals surface area contributed by atoms with Crippen molar-refractivity contribution in [2.75, 3.05) is 36.0 Å². The molecule has 0 fully saturated rings. The zero-order valence-electron chi connectivity index (χ0n) is 10.6. The summed E-state index contributed by atoms with van der Waals surface area (Å²) in [6.07, 6.45) is 1.43. The van der Waals surface area contributed by atoms with Gasteiger partial charge in [0.25, 0.3) is 0 Å². The number of sulfonamides is 1. The maximum absolute atomic E-state index is 11.4. The van der Waals surface area contributed by atoms with Crippen molar-refractivity contribution in [3.63, 3.8) is 0 Å². The number of hydrogen-bond donors (Lipinski definition) is 3. The Morgan fingerprint density at radius 2 is 1.78 bits per heavy atom. The Morgan fingerprint density at radius 1 is 1.11 bits per heavy atom. The standard InChI is InChI=1S/C10H19N5O2S/c1-3-11-9-7-10(14-8-13-9)12-5-6-18(16,17)15-4-2/h7-8,15H,3-6H2,1-2H3,(H2,11,12,13,14). The minimum Gasteiger partial charge on any atom is -0.370 e. The van der Waals surface area contributed by atoms with Crippen LogP contribution in [0.25, 0.3) is 0 Å². The van der Waals surface area contributed by atoms with Crippen LogP contribution in [0.1, 0.15) is 13.8 Å². The summed E-state index contributed by atoms with van der Waals surface area (Å²) in [5.74, 6) is 1.33. The van der Waals surface area contributed by atoms with E-state index in [0.29, 0.717) is 24.7 Å². The fraction of sp³-hybridized carbons (Fsp3) is 0.600. The molecule has 0 unspecified atom stereocenters. The van der Waals surface area contributed by atoms with Crippen molar-refractivity contribution in [1.82, 2.24) is 14.7 Å². The molecule has 8 heteroatoms. The smallest absolute Gasteiger partial charge is 0.213 e. The quantitative estimate of drug-likeness (QED) is 0.629. The van der Waals surface area contributed by atoms with Crippen LogP contribution in [0.4, 0.5) is 11.6 Å². The van der Waals surface area contributed by atoms with Gasteiger partial charge in [0, 0.05) is 25.7 Å². The van der Waals surface area contributed by atoms with Crippen LogP contribution < -0.4 is 15.4 Å². The van der Waals surface area contributed by atoms with Crippen LogP contribution in [-0.2, 0) is 10.0 Å². The van der Waals surface area contributed by atoms with Crippen molar-refractivity contribution in [1.29, 1.82) is 0 Å². The molecule has 102 valence electrons. The van der Waals surface area contributed by atoms with Gasteiger partial charge in [0.15, 0.2) is 0 Å². The summed E-state index contributed by atoms with van der Waals surface area (Å²) >= 11 is 0. The molecule has 0 saturated carbocycles. The van der Waals surface area contributed by atoms with Gasteiger partial charge in [-0.05, 0) is 6.92 Å². The molecule has 0 bridgehead atoms. The number of nitrogens with zero attached hydrogens (tertiary/aromatic N) is 2. The highest BCUT2D eigenvalue weighted by Gasteiger charge is 2.07. The fourth-order valence-electron chi connectivity index (χ4n) is 1.34. The summed E-state index contributed by atoms with van der Waals surface area (Å²) in [5.41, 5.74) is 0. The van der Waals surface area contributed by atoms with Crippen LogP contribution >= 0.6 is 0 Å². The molecule has 1 heterocycles. The van der Waals surface area contributed by atoms with Crippen LogP contribution in [-0.4, -0.2) is 43.8 Å². The highest BCUT2D eigenvalue weighted by molar-refractivity contribution is 7.89. The first-order valence-electron chi connectivity index (χ1n) is 5.84. The van der Waals surface area contributed by atoms with Crippen molar-refractivity contribution >= 4 is 21.7 Å². The van der Waals surface area contributed by atoms with Crippen molar-refractivity contribution in [3.05, 3.63) is 12.4 Å². The largest absolute Gasteiger partial charge is 0.370 e. The topological polar surface area (TPSA) is 96.0 Å². The lowest BCUT2D eigenvalue weighted by Crippen LogP contribution is -2.29. The molecule has 1 aromatic rings. The average molecular weight is 273 g/mol. The Morgan fingerprint density at radius 3 is 2.39 bits per heavy atom. The van der Waals surface area contributed by atoms with E-state index in [2.05, 4.69) is 25.3 Å². The van der Waals surface area contributed by atoms with Crippen molar-refractivity contribution in [2.45, 2.75) is 13.8 Å². The molecule has 0 aliphatic rings. The van der Waals surface area contributed by atoms with Crippen molar-refractivity contribution in [3.8, 4) is 0 Å². The second-order valence-electron chi connectivity index (χ2n) is 3.56. The molecule has 0 spiro atoms. The normalized spacial score (nSPS) is 11.2. The van der Waals surface area contributed by atoms with Crippen LogP contribution in [0.5, 0.6) is 0 Å². The van der Waals surface area contributed by atoms with Gasteiger partial charge in [-0.15, -0.1) is 0 Å². The van der Waals surface area contributed by atoms with E-state index in [9.17, 15) is 8.42 Å². The zero-order chi connectivity index (χ0) is 13.4. The summed E-state index contributed by atoms with van der Waals surface area (Å²) in [6.45, 7) is 5.19. The molecule has 0 amide bonds. The SMILES string of the molecule is CCNc1cc(NCCS(=O)(=O)NCC)ncn1. The Balaban J connectivity index is 2.46. The molecule has 3 N–H and O–H groups in total. The lowest BCUT2D eigenvalue weighted by atomic mass is 10.5. The fourth-order valence-corrected chi connectivity index (χ4v) is 2.29. The zero-order valence-corrected chi connectivity index (χ0v) is 11.4. The molecule has 0 aliphatic heterocycles. The van der Waals surface area contributed by atoms with Crippen molar-refractivity contribution in [2.24, 2.45) is 0 Å². The van der Waals surface area contributed by atoms with Gasteiger partial charge in [-0.1, -0.05) is 6.92 Å². The first-order valence-corrected chi connectivity index (χ1v) is 7.49. The van der Waals surface area contributed by atoms with Gasteiger partial charge in [0.2, 0.25) is 10.0 Å². The van der Waals surface area contributed by atoms with E-state index in [1.807, 2.05) is 6.92 Å². The molecule has 0 aromatic carbocycles. The molecule has 1 rings (SSSR count). The molecule has 18 heavy (non-hydrogen) atoms. The van der Waals surface area contributed by atoms with Gasteiger partial charge in [-0.3, -0.25) is 0 Å². The number of rotatable bonds is 8. The minimum atomic E-state index is -3.19. The third-order valence-corrected chi connectivity index (χ3v) is 3.54. The van der Waals surface area contributed by atoms with Crippen LogP contribution in [0, 0.1) is 0 Å². The monoisotopic (exact) mass is 273 g/mol. The summed E-state index contributed by atoms with van der Waals surface area (Å²) in [4.78, 5) is 8.03. The van der Waals surface area contributed by atoms with Crippen LogP contribution in [0.3, 0.4) is 0 Å². The summed E-state index contributed by atoms with van der Waals surface area (Å²) in [6, 6.07) is 1.74. The molecule has 7 nitrogen and oxygen atoms in total. The Bertz CT molecular complexity index is 463. The Kier molecular flexibility index (Phi) is 5.79. The molecule has 0 atom stereocenters. The number of aromatic nitrogens is 2. The highest BCUT2D eigenvalue weighted by atomic mass is 32.2. The van der Waals surface area contributed by atoms with Gasteiger partial charge < -0.3 is 10.6 Å². The Hall–Kier alpha value is -1.41. The third-order valence-electron chi connectivity index (χ3n) is 2.07. The van der Waals surface area contributed by atoms with Gasteiger partial charge >= 0.3 is 0 Å². The van der Waals surface area contributed by atoms with E-state index < -0.39 is 10.0 Å². The molecule has 0 aliphatic carbocycles. The van der Waals surface area contributed by atoms with E-state index in [-0.39, 0.29) is 5.75 Å². The molecule has 0 saturated heterocycles. The number of anilines is 2. The lowest BCUT2D eigenvalue weighted by molar-refractivity contribution is 0.584. The first kappa shape index (κ1) is 14.7. The van der Waals surface area contributed by atoms with Gasteiger partial charge in [0.1, 0.15) is 18.0 Å². The lowest BCUT2D eigenvalue weighted by Gasteiger charge is -2.08. The van der Waals surface area contributed by atoms with Crippen molar-refractivity contribution < 1.29 is 8.42 Å².